The first-order chi connectivity index (χ1) is 14.5. The molecule has 4 rings (SSSR count). The lowest BCUT2D eigenvalue weighted by Crippen LogP contribution is -2.05. The normalized spacial score (nSPS) is 12.0. The molecular formula is C20H17F3N4O2S. The Hall–Kier alpha value is -2.85. The predicted octanol–water partition coefficient (Wildman–Crippen LogP) is 5.04. The van der Waals surface area contributed by atoms with Crippen molar-refractivity contribution in [3.05, 3.63) is 60.0 Å². The maximum Gasteiger partial charge on any atom is 0.416 e. The van der Waals surface area contributed by atoms with Crippen LogP contribution in [-0.4, -0.2) is 33.4 Å². The number of imidazole rings is 1. The smallest absolute Gasteiger partial charge is 0.383 e. The topological polar surface area (TPSA) is 66.0 Å². The number of nitrogens with zero attached hydrogens (tertiary/aromatic N) is 4. The Kier molecular flexibility index (Phi) is 5.78. The number of methoxy groups -OCH3 is 1. The number of hydrogen-bond donors (Lipinski definition) is 0. The fourth-order valence-corrected chi connectivity index (χ4v) is 3.83. The highest BCUT2D eigenvalue weighted by molar-refractivity contribution is 7.98. The van der Waals surface area contributed by atoms with Gasteiger partial charge in [-0.1, -0.05) is 41.2 Å². The van der Waals surface area contributed by atoms with Gasteiger partial charge < -0.3 is 13.8 Å². The first-order valence-electron chi connectivity index (χ1n) is 9.03. The molecule has 2 heterocycles. The van der Waals surface area contributed by atoms with Gasteiger partial charge in [-0.25, -0.2) is 4.98 Å². The summed E-state index contributed by atoms with van der Waals surface area (Å²) in [6, 6.07) is 12.6. The van der Waals surface area contributed by atoms with Crippen molar-refractivity contribution in [2.24, 2.45) is 0 Å². The number of para-hydroxylation sites is 2. The Balaban J connectivity index is 1.53. The minimum Gasteiger partial charge on any atom is -0.383 e. The molecule has 0 spiro atoms. The van der Waals surface area contributed by atoms with Crippen LogP contribution in [0.5, 0.6) is 0 Å². The molecule has 0 saturated heterocycles. The van der Waals surface area contributed by atoms with Crippen LogP contribution in [0.15, 0.2) is 58.2 Å². The number of rotatable bonds is 7. The van der Waals surface area contributed by atoms with Gasteiger partial charge >= 0.3 is 6.18 Å². The Morgan fingerprint density at radius 2 is 1.93 bits per heavy atom. The largest absolute Gasteiger partial charge is 0.416 e. The Morgan fingerprint density at radius 3 is 2.73 bits per heavy atom. The van der Waals surface area contributed by atoms with Gasteiger partial charge in [-0.2, -0.15) is 18.2 Å². The average molecular weight is 434 g/mol. The fourth-order valence-electron chi connectivity index (χ4n) is 2.95. The van der Waals surface area contributed by atoms with E-state index < -0.39 is 11.7 Å². The van der Waals surface area contributed by atoms with E-state index in [1.807, 2.05) is 28.8 Å². The molecule has 6 nitrogen and oxygen atoms in total. The van der Waals surface area contributed by atoms with Crippen LogP contribution in [0.4, 0.5) is 13.2 Å². The molecular weight excluding hydrogens is 417 g/mol. The number of benzene rings is 2. The van der Waals surface area contributed by atoms with Crippen molar-refractivity contribution in [2.75, 3.05) is 13.7 Å². The van der Waals surface area contributed by atoms with Gasteiger partial charge in [0.1, 0.15) is 0 Å². The van der Waals surface area contributed by atoms with E-state index in [0.717, 1.165) is 28.3 Å². The van der Waals surface area contributed by atoms with Crippen molar-refractivity contribution < 1.29 is 22.4 Å². The summed E-state index contributed by atoms with van der Waals surface area (Å²) in [6.07, 6.45) is -4.43. The molecule has 156 valence electrons. The average Bonchev–Trinajstić information content (AvgIpc) is 3.35. The van der Waals surface area contributed by atoms with Crippen molar-refractivity contribution in [2.45, 2.75) is 23.6 Å². The Bertz CT molecular complexity index is 1160. The monoisotopic (exact) mass is 434 g/mol. The second-order valence-electron chi connectivity index (χ2n) is 6.41. The van der Waals surface area contributed by atoms with E-state index in [1.54, 1.807) is 7.11 Å². The molecule has 0 atom stereocenters. The molecule has 0 unspecified atom stereocenters. The SMILES string of the molecule is COCCn1c(SCc2nc(-c3cccc(C(F)(F)F)c3)no2)nc2ccccc21. The van der Waals surface area contributed by atoms with Crippen LogP contribution in [0.25, 0.3) is 22.4 Å². The zero-order chi connectivity index (χ0) is 21.1. The van der Waals surface area contributed by atoms with Crippen LogP contribution >= 0.6 is 11.8 Å². The molecule has 0 aliphatic carbocycles. The minimum absolute atomic E-state index is 0.115. The van der Waals surface area contributed by atoms with Gasteiger partial charge in [-0.15, -0.1) is 0 Å². The second-order valence-corrected chi connectivity index (χ2v) is 7.35. The van der Waals surface area contributed by atoms with Crippen molar-refractivity contribution >= 4 is 22.8 Å². The maximum atomic E-state index is 12.9. The molecule has 0 aliphatic heterocycles. The number of ether oxygens (including phenoxy) is 1. The van der Waals surface area contributed by atoms with Gasteiger partial charge in [0, 0.05) is 19.2 Å². The molecule has 0 radical (unpaired) electrons. The molecule has 0 saturated carbocycles. The Labute approximate surface area is 174 Å². The minimum atomic E-state index is -4.43. The number of aromatic nitrogens is 4. The lowest BCUT2D eigenvalue weighted by Gasteiger charge is -2.07. The molecule has 10 heteroatoms. The van der Waals surface area contributed by atoms with E-state index >= 15 is 0 Å². The highest BCUT2D eigenvalue weighted by Crippen LogP contribution is 2.32. The summed E-state index contributed by atoms with van der Waals surface area (Å²) in [5, 5.41) is 4.59. The third kappa shape index (κ3) is 4.34. The standard InChI is InChI=1S/C20H17F3N4O2S/c1-28-10-9-27-16-8-3-2-7-15(16)24-19(27)30-12-17-25-18(26-29-17)13-5-4-6-14(11-13)20(21,22)23/h2-8,11H,9-10,12H2,1H3. The van der Waals surface area contributed by atoms with E-state index in [-0.39, 0.29) is 11.4 Å². The van der Waals surface area contributed by atoms with E-state index in [9.17, 15) is 13.2 Å². The third-order valence-electron chi connectivity index (χ3n) is 4.38. The van der Waals surface area contributed by atoms with Gasteiger partial charge in [0.05, 0.1) is 29.0 Å². The zero-order valence-corrected chi connectivity index (χ0v) is 16.7. The number of fused-ring (bicyclic) bond motifs is 1. The summed E-state index contributed by atoms with van der Waals surface area (Å²) < 4.78 is 51.3. The molecule has 30 heavy (non-hydrogen) atoms. The lowest BCUT2D eigenvalue weighted by molar-refractivity contribution is -0.137. The molecule has 0 aliphatic rings. The molecule has 0 amide bonds. The molecule has 4 aromatic rings. The number of alkyl halides is 3. The lowest BCUT2D eigenvalue weighted by atomic mass is 10.1. The maximum absolute atomic E-state index is 12.9. The number of hydrogen-bond acceptors (Lipinski definition) is 6. The summed E-state index contributed by atoms with van der Waals surface area (Å²) in [5.74, 6) is 0.754. The first kappa shape index (κ1) is 20.4. The van der Waals surface area contributed by atoms with Crippen LogP contribution in [0.1, 0.15) is 11.5 Å². The summed E-state index contributed by atoms with van der Waals surface area (Å²) in [4.78, 5) is 8.88. The molecule has 2 aromatic carbocycles. The molecule has 0 fully saturated rings. The van der Waals surface area contributed by atoms with Crippen LogP contribution < -0.4 is 0 Å². The van der Waals surface area contributed by atoms with E-state index in [4.69, 9.17) is 9.26 Å². The highest BCUT2D eigenvalue weighted by atomic mass is 32.2. The summed E-state index contributed by atoms with van der Waals surface area (Å²) >= 11 is 1.41. The van der Waals surface area contributed by atoms with Gasteiger partial charge in [-0.3, -0.25) is 0 Å². The number of thioether (sulfide) groups is 1. The van der Waals surface area contributed by atoms with Crippen molar-refractivity contribution in [1.29, 1.82) is 0 Å². The predicted molar refractivity (Wildman–Crippen MR) is 106 cm³/mol. The zero-order valence-electron chi connectivity index (χ0n) is 15.9. The summed E-state index contributed by atoms with van der Waals surface area (Å²) in [6.45, 7) is 1.17. The van der Waals surface area contributed by atoms with Crippen LogP contribution in [0, 0.1) is 0 Å². The number of halogens is 3. The van der Waals surface area contributed by atoms with Crippen molar-refractivity contribution in [1.82, 2.24) is 19.7 Å². The van der Waals surface area contributed by atoms with Gasteiger partial charge in [0.25, 0.3) is 0 Å². The molecule has 0 N–H and O–H groups in total. The van der Waals surface area contributed by atoms with E-state index in [2.05, 4.69) is 15.1 Å². The van der Waals surface area contributed by atoms with Crippen molar-refractivity contribution in [3.63, 3.8) is 0 Å². The third-order valence-corrected chi connectivity index (χ3v) is 5.34. The van der Waals surface area contributed by atoms with Gasteiger partial charge in [0.15, 0.2) is 5.16 Å². The van der Waals surface area contributed by atoms with Gasteiger partial charge in [0.2, 0.25) is 11.7 Å². The second kappa shape index (κ2) is 8.49. The van der Waals surface area contributed by atoms with Crippen LogP contribution in [-0.2, 0) is 23.2 Å². The van der Waals surface area contributed by atoms with Crippen LogP contribution in [0.3, 0.4) is 0 Å². The van der Waals surface area contributed by atoms with E-state index in [1.165, 1.54) is 23.9 Å². The summed E-state index contributed by atoms with van der Waals surface area (Å²) in [7, 11) is 1.64. The Morgan fingerprint density at radius 1 is 1.10 bits per heavy atom. The molecule has 2 aromatic heterocycles. The van der Waals surface area contributed by atoms with Crippen LogP contribution in [0.2, 0.25) is 0 Å². The highest BCUT2D eigenvalue weighted by Gasteiger charge is 2.30. The first-order valence-corrected chi connectivity index (χ1v) is 10.0. The van der Waals surface area contributed by atoms with Gasteiger partial charge in [-0.05, 0) is 24.3 Å². The van der Waals surface area contributed by atoms with Crippen molar-refractivity contribution in [3.8, 4) is 11.4 Å². The summed E-state index contributed by atoms with van der Waals surface area (Å²) in [5.41, 5.74) is 1.35. The quantitative estimate of drug-likeness (QED) is 0.380. The molecule has 0 bridgehead atoms. The fraction of sp³-hybridized carbons (Fsp3) is 0.250. The van der Waals surface area contributed by atoms with E-state index in [0.29, 0.717) is 24.8 Å².